The summed E-state index contributed by atoms with van der Waals surface area (Å²) in [5, 5.41) is 13.9. The largest absolute Gasteiger partial charge is 0.391 e. The summed E-state index contributed by atoms with van der Waals surface area (Å²) in [6.45, 7) is 2.87. The molecule has 34 heavy (non-hydrogen) atoms. The summed E-state index contributed by atoms with van der Waals surface area (Å²) in [5.74, 6) is -1.73. The molecule has 0 saturated carbocycles. The van der Waals surface area contributed by atoms with Gasteiger partial charge < -0.3 is 16.2 Å². The summed E-state index contributed by atoms with van der Waals surface area (Å²) in [6.07, 6.45) is 2.71. The monoisotopic (exact) mass is 466 g/mol. The summed E-state index contributed by atoms with van der Waals surface area (Å²) >= 11 is 0. The average molecular weight is 467 g/mol. The lowest BCUT2D eigenvalue weighted by Gasteiger charge is -2.27. The van der Waals surface area contributed by atoms with Gasteiger partial charge in [-0.2, -0.15) is 0 Å². The van der Waals surface area contributed by atoms with E-state index in [0.29, 0.717) is 23.0 Å². The first-order chi connectivity index (χ1) is 16.1. The Bertz CT molecular complexity index is 1120. The summed E-state index contributed by atoms with van der Waals surface area (Å²) in [4.78, 5) is 33.5. The third-order valence-electron chi connectivity index (χ3n) is 5.81. The molecule has 3 aromatic rings. The number of pyridine rings is 2. The normalized spacial score (nSPS) is 14.4. The highest BCUT2D eigenvalue weighted by molar-refractivity contribution is 5.96. The van der Waals surface area contributed by atoms with E-state index >= 15 is 0 Å². The molecule has 8 heteroatoms. The predicted molar refractivity (Wildman–Crippen MR) is 129 cm³/mol. The number of alkyl halides is 1. The van der Waals surface area contributed by atoms with Crippen molar-refractivity contribution in [3.05, 3.63) is 72.1 Å². The number of aliphatic hydroxyl groups excluding tert-OH is 1. The standard InChI is InChI=1S/C26H31FN4O3/c1-26(2,27)11-10-18(24(28)33)15-23(32)22(13-17-7-4-3-5-8-17)31-25(34)19-14-21-20(30-16-19)9-6-12-29-21/h3-9,12,14,16,18,22-23,32H,10-11,13,15H2,1-2H3,(H2,28,33)(H,31,34). The van der Waals surface area contributed by atoms with Gasteiger partial charge in [0.15, 0.2) is 0 Å². The molecule has 2 aromatic heterocycles. The Morgan fingerprint density at radius 2 is 1.85 bits per heavy atom. The Morgan fingerprint density at radius 1 is 1.12 bits per heavy atom. The molecular formula is C26H31FN4O3. The zero-order valence-corrected chi connectivity index (χ0v) is 19.4. The molecule has 0 aliphatic heterocycles. The number of nitrogens with one attached hydrogen (secondary N) is 1. The van der Waals surface area contributed by atoms with Crippen molar-refractivity contribution in [2.45, 2.75) is 57.3 Å². The summed E-state index contributed by atoms with van der Waals surface area (Å²) in [7, 11) is 0. The van der Waals surface area contributed by atoms with Crippen LogP contribution >= 0.6 is 0 Å². The lowest BCUT2D eigenvalue weighted by molar-refractivity contribution is -0.123. The number of hydrogen-bond donors (Lipinski definition) is 3. The Hall–Kier alpha value is -3.39. The quantitative estimate of drug-likeness (QED) is 0.401. The number of primary amides is 1. The first-order valence-corrected chi connectivity index (χ1v) is 11.3. The van der Waals surface area contributed by atoms with E-state index in [-0.39, 0.29) is 19.3 Å². The van der Waals surface area contributed by atoms with Crippen molar-refractivity contribution in [3.8, 4) is 0 Å². The maximum atomic E-state index is 14.0. The molecule has 0 spiro atoms. The van der Waals surface area contributed by atoms with Gasteiger partial charge in [0.2, 0.25) is 5.91 Å². The van der Waals surface area contributed by atoms with Gasteiger partial charge in [-0.1, -0.05) is 30.3 Å². The summed E-state index contributed by atoms with van der Waals surface area (Å²) < 4.78 is 14.0. The van der Waals surface area contributed by atoms with Crippen molar-refractivity contribution in [2.75, 3.05) is 0 Å². The number of nitrogens with two attached hydrogens (primary N) is 1. The van der Waals surface area contributed by atoms with Crippen LogP contribution in [-0.2, 0) is 11.2 Å². The number of carbonyl (C=O) groups is 2. The zero-order chi connectivity index (χ0) is 24.7. The van der Waals surface area contributed by atoms with Crippen LogP contribution < -0.4 is 11.1 Å². The van der Waals surface area contributed by atoms with Crippen molar-refractivity contribution >= 4 is 22.8 Å². The van der Waals surface area contributed by atoms with Crippen molar-refractivity contribution in [1.82, 2.24) is 15.3 Å². The summed E-state index contributed by atoms with van der Waals surface area (Å²) in [5.41, 5.74) is 6.55. The van der Waals surface area contributed by atoms with E-state index in [4.69, 9.17) is 5.73 Å². The lowest BCUT2D eigenvalue weighted by Crippen LogP contribution is -2.46. The van der Waals surface area contributed by atoms with Crippen molar-refractivity contribution < 1.29 is 19.1 Å². The first-order valence-electron chi connectivity index (χ1n) is 11.3. The van der Waals surface area contributed by atoms with Crippen molar-refractivity contribution in [3.63, 3.8) is 0 Å². The third kappa shape index (κ3) is 7.31. The smallest absolute Gasteiger partial charge is 0.253 e. The number of benzene rings is 1. The molecule has 180 valence electrons. The molecule has 2 amide bonds. The molecule has 3 atom stereocenters. The van der Waals surface area contributed by atoms with E-state index < -0.39 is 35.5 Å². The number of rotatable bonds is 11. The van der Waals surface area contributed by atoms with E-state index in [2.05, 4.69) is 15.3 Å². The van der Waals surface area contributed by atoms with Crippen molar-refractivity contribution in [1.29, 1.82) is 0 Å². The fraction of sp³-hybridized carbons (Fsp3) is 0.385. The Kier molecular flexibility index (Phi) is 8.28. The van der Waals surface area contributed by atoms with E-state index in [1.807, 2.05) is 30.3 Å². The molecule has 7 nitrogen and oxygen atoms in total. The number of halogens is 1. The molecule has 0 bridgehead atoms. The van der Waals surface area contributed by atoms with Crippen LogP contribution in [0, 0.1) is 5.92 Å². The van der Waals surface area contributed by atoms with Crippen LogP contribution in [0.5, 0.6) is 0 Å². The molecule has 2 heterocycles. The van der Waals surface area contributed by atoms with E-state index in [1.54, 1.807) is 24.4 Å². The minimum absolute atomic E-state index is 0.0146. The van der Waals surface area contributed by atoms with Crippen LogP contribution in [0.15, 0.2) is 60.9 Å². The van der Waals surface area contributed by atoms with E-state index in [9.17, 15) is 19.1 Å². The number of fused-ring (bicyclic) bond motifs is 1. The maximum absolute atomic E-state index is 14.0. The van der Waals surface area contributed by atoms with Crippen LogP contribution in [0.2, 0.25) is 0 Å². The molecule has 4 N–H and O–H groups in total. The maximum Gasteiger partial charge on any atom is 0.253 e. The second-order valence-corrected chi connectivity index (χ2v) is 9.20. The fourth-order valence-corrected chi connectivity index (χ4v) is 3.83. The van der Waals surface area contributed by atoms with E-state index in [1.165, 1.54) is 20.0 Å². The fourth-order valence-electron chi connectivity index (χ4n) is 3.83. The Balaban J connectivity index is 1.78. The molecular weight excluding hydrogens is 435 g/mol. The SMILES string of the molecule is CC(C)(F)CCC(CC(O)C(Cc1ccccc1)NC(=O)c1cnc2cccnc2c1)C(N)=O. The lowest BCUT2D eigenvalue weighted by atomic mass is 9.88. The van der Waals surface area contributed by atoms with Crippen LogP contribution in [0.4, 0.5) is 4.39 Å². The van der Waals surface area contributed by atoms with Gasteiger partial charge in [-0.05, 0) is 63.3 Å². The number of aromatic nitrogens is 2. The number of amides is 2. The van der Waals surface area contributed by atoms with Crippen LogP contribution in [0.25, 0.3) is 11.0 Å². The van der Waals surface area contributed by atoms with Gasteiger partial charge in [-0.15, -0.1) is 0 Å². The van der Waals surface area contributed by atoms with Crippen LogP contribution in [-0.4, -0.2) is 44.7 Å². The number of carbonyl (C=O) groups excluding carboxylic acids is 2. The molecule has 0 radical (unpaired) electrons. The van der Waals surface area contributed by atoms with Gasteiger partial charge in [-0.25, -0.2) is 4.39 Å². The Morgan fingerprint density at radius 3 is 2.53 bits per heavy atom. The molecule has 3 rings (SSSR count). The van der Waals surface area contributed by atoms with Gasteiger partial charge in [0.1, 0.15) is 5.67 Å². The molecule has 0 aliphatic carbocycles. The molecule has 3 unspecified atom stereocenters. The summed E-state index contributed by atoms with van der Waals surface area (Å²) in [6, 6.07) is 13.9. The van der Waals surface area contributed by atoms with Crippen LogP contribution in [0.1, 0.15) is 49.0 Å². The van der Waals surface area contributed by atoms with Gasteiger partial charge >= 0.3 is 0 Å². The van der Waals surface area contributed by atoms with Crippen LogP contribution in [0.3, 0.4) is 0 Å². The zero-order valence-electron chi connectivity index (χ0n) is 19.4. The number of aliphatic hydroxyl groups is 1. The third-order valence-corrected chi connectivity index (χ3v) is 5.81. The highest BCUT2D eigenvalue weighted by Gasteiger charge is 2.29. The number of nitrogens with zero attached hydrogens (tertiary/aromatic N) is 2. The molecule has 0 saturated heterocycles. The Labute approximate surface area is 198 Å². The average Bonchev–Trinajstić information content (AvgIpc) is 2.80. The second kappa shape index (κ2) is 11.2. The first kappa shape index (κ1) is 25.2. The van der Waals surface area contributed by atoms with Gasteiger partial charge in [0.25, 0.3) is 5.91 Å². The van der Waals surface area contributed by atoms with Gasteiger partial charge in [0, 0.05) is 18.3 Å². The van der Waals surface area contributed by atoms with Crippen molar-refractivity contribution in [2.24, 2.45) is 11.7 Å². The highest BCUT2D eigenvalue weighted by atomic mass is 19.1. The molecule has 1 aromatic carbocycles. The number of hydrogen-bond acceptors (Lipinski definition) is 5. The minimum Gasteiger partial charge on any atom is -0.391 e. The van der Waals surface area contributed by atoms with Gasteiger partial charge in [-0.3, -0.25) is 19.6 Å². The van der Waals surface area contributed by atoms with E-state index in [0.717, 1.165) is 5.56 Å². The molecule has 0 aliphatic rings. The second-order valence-electron chi connectivity index (χ2n) is 9.20. The molecule has 0 fully saturated rings. The topological polar surface area (TPSA) is 118 Å². The van der Waals surface area contributed by atoms with Gasteiger partial charge in [0.05, 0.1) is 28.7 Å². The highest BCUT2D eigenvalue weighted by Crippen LogP contribution is 2.24. The minimum atomic E-state index is -1.45. The predicted octanol–water partition coefficient (Wildman–Crippen LogP) is 3.35.